The molecule has 1 amide bonds. The van der Waals surface area contributed by atoms with E-state index in [2.05, 4.69) is 15.9 Å². The van der Waals surface area contributed by atoms with Gasteiger partial charge in [-0.2, -0.15) is 0 Å². The molecule has 3 aromatic rings. The predicted octanol–water partition coefficient (Wildman–Crippen LogP) is 6.45. The van der Waals surface area contributed by atoms with Crippen molar-refractivity contribution in [3.05, 3.63) is 115 Å². The Morgan fingerprint density at radius 1 is 0.968 bits per heavy atom. The molecule has 4 rings (SSSR count). The molecule has 31 heavy (non-hydrogen) atoms. The molecular formula is C25H19BrN2O3. The fourth-order valence-corrected chi connectivity index (χ4v) is 4.01. The lowest BCUT2D eigenvalue weighted by atomic mass is 10.1. The van der Waals surface area contributed by atoms with Crippen LogP contribution < -0.4 is 4.90 Å². The quantitative estimate of drug-likeness (QED) is 0.248. The highest BCUT2D eigenvalue weighted by molar-refractivity contribution is 9.10. The fourth-order valence-electron chi connectivity index (χ4n) is 3.53. The number of benzene rings is 3. The smallest absolute Gasteiger partial charge is 0.269 e. The monoisotopic (exact) mass is 474 g/mol. The standard InChI is InChI=1S/C25H19BrN2O3/c1-16-3-7-19(8-4-16)24-15-20(14-18-5-10-22(11-6-18)28(30)31)25(29)27(24)23-12-9-21(26)13-17(23)2/h3-15H,1-2H3/b20-14+. The minimum atomic E-state index is -0.439. The number of amides is 1. The zero-order valence-corrected chi connectivity index (χ0v) is 18.6. The highest BCUT2D eigenvalue weighted by Gasteiger charge is 2.31. The van der Waals surface area contributed by atoms with Gasteiger partial charge in [0, 0.05) is 22.2 Å². The van der Waals surface area contributed by atoms with Gasteiger partial charge in [-0.1, -0.05) is 45.8 Å². The van der Waals surface area contributed by atoms with E-state index in [1.807, 2.05) is 62.4 Å². The number of hydrogen-bond donors (Lipinski definition) is 0. The van der Waals surface area contributed by atoms with Crippen LogP contribution in [0.5, 0.6) is 0 Å². The Hall–Kier alpha value is -3.51. The first-order valence-corrected chi connectivity index (χ1v) is 10.5. The van der Waals surface area contributed by atoms with Gasteiger partial charge in [0.25, 0.3) is 11.6 Å². The Bertz CT molecular complexity index is 1240. The molecule has 0 aromatic heterocycles. The second-order valence-electron chi connectivity index (χ2n) is 7.42. The molecule has 0 radical (unpaired) electrons. The van der Waals surface area contributed by atoms with E-state index in [9.17, 15) is 14.9 Å². The van der Waals surface area contributed by atoms with E-state index >= 15 is 0 Å². The fraction of sp³-hybridized carbons (Fsp3) is 0.0800. The number of nitro groups is 1. The number of aryl methyl sites for hydroxylation is 2. The number of hydrogen-bond acceptors (Lipinski definition) is 3. The average Bonchev–Trinajstić information content (AvgIpc) is 3.05. The van der Waals surface area contributed by atoms with Crippen LogP contribution in [0.25, 0.3) is 11.8 Å². The van der Waals surface area contributed by atoms with Gasteiger partial charge < -0.3 is 0 Å². The lowest BCUT2D eigenvalue weighted by Gasteiger charge is -2.23. The number of carbonyl (C=O) groups is 1. The lowest BCUT2D eigenvalue weighted by molar-refractivity contribution is -0.384. The van der Waals surface area contributed by atoms with Crippen molar-refractivity contribution in [2.24, 2.45) is 0 Å². The van der Waals surface area contributed by atoms with Gasteiger partial charge in [-0.05, 0) is 73.0 Å². The molecule has 0 bridgehead atoms. The maximum Gasteiger partial charge on any atom is 0.269 e. The molecule has 6 heteroatoms. The molecular weight excluding hydrogens is 456 g/mol. The topological polar surface area (TPSA) is 63.5 Å². The van der Waals surface area contributed by atoms with Crippen molar-refractivity contribution in [3.8, 4) is 0 Å². The normalized spacial score (nSPS) is 14.8. The minimum absolute atomic E-state index is 0.0166. The van der Waals surface area contributed by atoms with E-state index in [1.54, 1.807) is 23.1 Å². The molecule has 0 fully saturated rings. The number of nitrogens with zero attached hydrogens (tertiary/aromatic N) is 2. The Balaban J connectivity index is 1.81. The van der Waals surface area contributed by atoms with Crippen LogP contribution in [0.15, 0.2) is 82.9 Å². The Morgan fingerprint density at radius 3 is 2.26 bits per heavy atom. The van der Waals surface area contributed by atoms with Gasteiger partial charge in [0.2, 0.25) is 0 Å². The van der Waals surface area contributed by atoms with Gasteiger partial charge in [0.05, 0.1) is 16.3 Å². The van der Waals surface area contributed by atoms with Crippen molar-refractivity contribution in [2.45, 2.75) is 13.8 Å². The Morgan fingerprint density at radius 2 is 1.65 bits per heavy atom. The zero-order chi connectivity index (χ0) is 22.1. The van der Waals surface area contributed by atoms with E-state index in [4.69, 9.17) is 0 Å². The number of nitro benzene ring substituents is 1. The first-order chi connectivity index (χ1) is 14.8. The Kier molecular flexibility index (Phi) is 5.57. The molecule has 3 aromatic carbocycles. The molecule has 0 aliphatic carbocycles. The molecule has 1 aliphatic rings. The molecule has 0 saturated carbocycles. The van der Waals surface area contributed by atoms with Gasteiger partial charge >= 0.3 is 0 Å². The summed E-state index contributed by atoms with van der Waals surface area (Å²) in [6.45, 7) is 3.99. The highest BCUT2D eigenvalue weighted by Crippen LogP contribution is 2.37. The number of rotatable bonds is 4. The molecule has 1 heterocycles. The highest BCUT2D eigenvalue weighted by atomic mass is 79.9. The maximum atomic E-state index is 13.5. The number of anilines is 1. The van der Waals surface area contributed by atoms with Crippen LogP contribution in [0.4, 0.5) is 11.4 Å². The summed E-state index contributed by atoms with van der Waals surface area (Å²) in [5.41, 5.74) is 5.92. The maximum absolute atomic E-state index is 13.5. The van der Waals surface area contributed by atoms with Crippen molar-refractivity contribution in [2.75, 3.05) is 4.90 Å². The first kappa shape index (κ1) is 20.8. The lowest BCUT2D eigenvalue weighted by Crippen LogP contribution is -2.25. The van der Waals surface area contributed by atoms with Gasteiger partial charge in [0.15, 0.2) is 0 Å². The van der Waals surface area contributed by atoms with E-state index in [0.717, 1.165) is 38.1 Å². The molecule has 5 nitrogen and oxygen atoms in total. The van der Waals surface area contributed by atoms with Crippen LogP contribution in [0.3, 0.4) is 0 Å². The summed E-state index contributed by atoms with van der Waals surface area (Å²) in [5.74, 6) is -0.139. The number of halogens is 1. The second-order valence-corrected chi connectivity index (χ2v) is 8.33. The van der Waals surface area contributed by atoms with Crippen LogP contribution in [0.2, 0.25) is 0 Å². The van der Waals surface area contributed by atoms with Crippen molar-refractivity contribution in [1.82, 2.24) is 0 Å². The summed E-state index contributed by atoms with van der Waals surface area (Å²) in [6.07, 6.45) is 3.63. The van der Waals surface area contributed by atoms with Crippen molar-refractivity contribution in [1.29, 1.82) is 0 Å². The SMILES string of the molecule is Cc1ccc(C2=C/C(=C\c3ccc([N+](=O)[O-])cc3)C(=O)N2c2ccc(Br)cc2C)cc1. The van der Waals surface area contributed by atoms with E-state index in [0.29, 0.717) is 5.57 Å². The largest absolute Gasteiger partial charge is 0.276 e. The third-order valence-electron chi connectivity index (χ3n) is 5.16. The molecule has 0 unspecified atom stereocenters. The predicted molar refractivity (Wildman–Crippen MR) is 127 cm³/mol. The summed E-state index contributed by atoms with van der Waals surface area (Å²) >= 11 is 3.48. The van der Waals surface area contributed by atoms with Crippen molar-refractivity contribution in [3.63, 3.8) is 0 Å². The van der Waals surface area contributed by atoms with Gasteiger partial charge in [-0.25, -0.2) is 0 Å². The molecule has 154 valence electrons. The third-order valence-corrected chi connectivity index (χ3v) is 5.65. The Labute approximate surface area is 188 Å². The number of carbonyl (C=O) groups excluding carboxylic acids is 1. The van der Waals surface area contributed by atoms with Crippen LogP contribution >= 0.6 is 15.9 Å². The van der Waals surface area contributed by atoms with Crippen LogP contribution in [0.1, 0.15) is 22.3 Å². The van der Waals surface area contributed by atoms with Gasteiger partial charge in [-0.15, -0.1) is 0 Å². The number of non-ortho nitro benzene ring substituents is 1. The summed E-state index contributed by atoms with van der Waals surface area (Å²) in [6, 6.07) is 20.0. The van der Waals surface area contributed by atoms with Crippen LogP contribution in [0, 0.1) is 24.0 Å². The van der Waals surface area contributed by atoms with Gasteiger partial charge in [-0.3, -0.25) is 19.8 Å². The molecule has 0 atom stereocenters. The molecule has 0 spiro atoms. The van der Waals surface area contributed by atoms with Gasteiger partial charge in [0.1, 0.15) is 0 Å². The average molecular weight is 475 g/mol. The second kappa shape index (κ2) is 8.32. The van der Waals surface area contributed by atoms with E-state index in [1.165, 1.54) is 12.1 Å². The zero-order valence-electron chi connectivity index (χ0n) is 17.0. The summed E-state index contributed by atoms with van der Waals surface area (Å²) in [4.78, 5) is 25.7. The molecule has 0 saturated heterocycles. The van der Waals surface area contributed by atoms with E-state index < -0.39 is 4.92 Å². The minimum Gasteiger partial charge on any atom is -0.276 e. The molecule has 1 aliphatic heterocycles. The van der Waals surface area contributed by atoms with Crippen LogP contribution in [-0.2, 0) is 4.79 Å². The molecule has 0 N–H and O–H groups in total. The van der Waals surface area contributed by atoms with Crippen molar-refractivity contribution >= 4 is 45.0 Å². The summed E-state index contributed by atoms with van der Waals surface area (Å²) in [5, 5.41) is 10.9. The van der Waals surface area contributed by atoms with Crippen molar-refractivity contribution < 1.29 is 9.72 Å². The third kappa shape index (κ3) is 4.20. The van der Waals surface area contributed by atoms with Crippen LogP contribution in [-0.4, -0.2) is 10.8 Å². The summed E-state index contributed by atoms with van der Waals surface area (Å²) < 4.78 is 0.947. The van der Waals surface area contributed by atoms with E-state index in [-0.39, 0.29) is 11.6 Å². The summed E-state index contributed by atoms with van der Waals surface area (Å²) in [7, 11) is 0. The first-order valence-electron chi connectivity index (χ1n) is 9.69.